The molecule has 0 aliphatic carbocycles. The van der Waals surface area contributed by atoms with Crippen molar-refractivity contribution in [2.45, 2.75) is 19.4 Å². The van der Waals surface area contributed by atoms with E-state index in [2.05, 4.69) is 20.4 Å². The number of rotatable bonds is 2. The first-order chi connectivity index (χ1) is 8.34. The number of piperidine rings is 1. The van der Waals surface area contributed by atoms with Crippen LogP contribution in [0, 0.1) is 5.92 Å². The van der Waals surface area contributed by atoms with Gasteiger partial charge < -0.3 is 11.1 Å². The SMILES string of the molecule is Nc1ncnc2c1cnn2CC1CC[NH2+]CC1. The molecule has 0 spiro atoms. The molecular formula is C11H17N6+. The van der Waals surface area contributed by atoms with Gasteiger partial charge in [0.25, 0.3) is 0 Å². The Kier molecular flexibility index (Phi) is 2.64. The molecule has 2 aromatic rings. The lowest BCUT2D eigenvalue weighted by Gasteiger charge is -2.20. The monoisotopic (exact) mass is 233 g/mol. The summed E-state index contributed by atoms with van der Waals surface area (Å²) in [7, 11) is 0. The molecule has 6 nitrogen and oxygen atoms in total. The van der Waals surface area contributed by atoms with Gasteiger partial charge in [-0.2, -0.15) is 5.10 Å². The van der Waals surface area contributed by atoms with Crippen molar-refractivity contribution in [3.8, 4) is 0 Å². The zero-order chi connectivity index (χ0) is 11.7. The van der Waals surface area contributed by atoms with Crippen LogP contribution in [-0.4, -0.2) is 32.8 Å². The molecule has 0 radical (unpaired) electrons. The van der Waals surface area contributed by atoms with Crippen molar-refractivity contribution in [1.29, 1.82) is 0 Å². The van der Waals surface area contributed by atoms with E-state index in [0.717, 1.165) is 17.6 Å². The van der Waals surface area contributed by atoms with Crippen LogP contribution in [0.2, 0.25) is 0 Å². The Morgan fingerprint density at radius 2 is 2.18 bits per heavy atom. The molecule has 0 aromatic carbocycles. The van der Waals surface area contributed by atoms with Gasteiger partial charge >= 0.3 is 0 Å². The van der Waals surface area contributed by atoms with Crippen LogP contribution in [0.15, 0.2) is 12.5 Å². The highest BCUT2D eigenvalue weighted by Crippen LogP contribution is 2.18. The fourth-order valence-corrected chi connectivity index (χ4v) is 2.47. The Bertz CT molecular complexity index is 514. The minimum Gasteiger partial charge on any atom is -0.383 e. The van der Waals surface area contributed by atoms with Gasteiger partial charge in [-0.25, -0.2) is 14.6 Å². The first-order valence-electron chi connectivity index (χ1n) is 6.08. The number of fused-ring (bicyclic) bond motifs is 1. The van der Waals surface area contributed by atoms with Crippen LogP contribution in [0.1, 0.15) is 12.8 Å². The van der Waals surface area contributed by atoms with Crippen LogP contribution in [0.3, 0.4) is 0 Å². The first kappa shape index (κ1) is 10.5. The van der Waals surface area contributed by atoms with E-state index in [1.165, 1.54) is 32.3 Å². The van der Waals surface area contributed by atoms with Crippen molar-refractivity contribution in [2.75, 3.05) is 18.8 Å². The maximum absolute atomic E-state index is 5.79. The van der Waals surface area contributed by atoms with Gasteiger partial charge in [-0.15, -0.1) is 0 Å². The van der Waals surface area contributed by atoms with Crippen molar-refractivity contribution < 1.29 is 5.32 Å². The molecule has 0 saturated carbocycles. The summed E-state index contributed by atoms with van der Waals surface area (Å²) < 4.78 is 1.96. The second kappa shape index (κ2) is 4.29. The van der Waals surface area contributed by atoms with E-state index in [1.54, 1.807) is 6.20 Å². The van der Waals surface area contributed by atoms with Gasteiger partial charge in [0.05, 0.1) is 24.7 Å². The third-order valence-corrected chi connectivity index (χ3v) is 3.45. The zero-order valence-corrected chi connectivity index (χ0v) is 9.71. The summed E-state index contributed by atoms with van der Waals surface area (Å²) in [6.45, 7) is 3.38. The minimum atomic E-state index is 0.512. The summed E-state index contributed by atoms with van der Waals surface area (Å²) in [6, 6.07) is 0. The van der Waals surface area contributed by atoms with Gasteiger partial charge in [0, 0.05) is 19.4 Å². The minimum absolute atomic E-state index is 0.512. The molecule has 1 fully saturated rings. The molecular weight excluding hydrogens is 216 g/mol. The predicted molar refractivity (Wildman–Crippen MR) is 64.1 cm³/mol. The Hall–Kier alpha value is -1.69. The molecule has 0 atom stereocenters. The molecule has 2 aromatic heterocycles. The van der Waals surface area contributed by atoms with Crippen LogP contribution in [-0.2, 0) is 6.54 Å². The fourth-order valence-electron chi connectivity index (χ4n) is 2.47. The van der Waals surface area contributed by atoms with Crippen LogP contribution < -0.4 is 11.1 Å². The first-order valence-corrected chi connectivity index (χ1v) is 6.08. The lowest BCUT2D eigenvalue weighted by atomic mass is 9.98. The number of aromatic nitrogens is 4. The number of anilines is 1. The Morgan fingerprint density at radius 1 is 1.35 bits per heavy atom. The van der Waals surface area contributed by atoms with Crippen LogP contribution in [0.25, 0.3) is 11.0 Å². The van der Waals surface area contributed by atoms with Crippen LogP contribution in [0.5, 0.6) is 0 Å². The van der Waals surface area contributed by atoms with Gasteiger partial charge in [0.15, 0.2) is 5.65 Å². The fraction of sp³-hybridized carbons (Fsp3) is 0.545. The number of hydrogen-bond donors (Lipinski definition) is 2. The number of quaternary nitrogens is 1. The third kappa shape index (κ3) is 1.95. The van der Waals surface area contributed by atoms with E-state index >= 15 is 0 Å². The average molecular weight is 233 g/mol. The molecule has 3 heterocycles. The molecule has 1 aliphatic heterocycles. The lowest BCUT2D eigenvalue weighted by Crippen LogP contribution is -2.86. The Labute approximate surface area is 99.2 Å². The van der Waals surface area contributed by atoms with E-state index in [9.17, 15) is 0 Å². The molecule has 4 N–H and O–H groups in total. The van der Waals surface area contributed by atoms with E-state index in [1.807, 2.05) is 4.68 Å². The summed E-state index contributed by atoms with van der Waals surface area (Å²) >= 11 is 0. The Balaban J connectivity index is 1.87. The number of nitrogens with zero attached hydrogens (tertiary/aromatic N) is 4. The zero-order valence-electron chi connectivity index (χ0n) is 9.71. The van der Waals surface area contributed by atoms with E-state index in [-0.39, 0.29) is 0 Å². The number of nitrogen functional groups attached to an aromatic ring is 1. The van der Waals surface area contributed by atoms with Gasteiger partial charge in [-0.1, -0.05) is 0 Å². The second-order valence-corrected chi connectivity index (χ2v) is 4.63. The Morgan fingerprint density at radius 3 is 3.00 bits per heavy atom. The molecule has 6 heteroatoms. The summed E-state index contributed by atoms with van der Waals surface area (Å²) in [5.74, 6) is 1.22. The molecule has 1 saturated heterocycles. The van der Waals surface area contributed by atoms with E-state index in [4.69, 9.17) is 5.73 Å². The van der Waals surface area contributed by atoms with Crippen molar-refractivity contribution in [3.05, 3.63) is 12.5 Å². The normalized spacial score (nSPS) is 17.6. The molecule has 17 heavy (non-hydrogen) atoms. The maximum Gasteiger partial charge on any atom is 0.163 e. The van der Waals surface area contributed by atoms with E-state index < -0.39 is 0 Å². The molecule has 1 aliphatic rings. The van der Waals surface area contributed by atoms with Crippen molar-refractivity contribution in [2.24, 2.45) is 5.92 Å². The second-order valence-electron chi connectivity index (χ2n) is 4.63. The summed E-state index contributed by atoms with van der Waals surface area (Å²) in [4.78, 5) is 8.24. The quantitative estimate of drug-likeness (QED) is 0.724. The smallest absolute Gasteiger partial charge is 0.163 e. The van der Waals surface area contributed by atoms with Gasteiger partial charge in [-0.05, 0) is 5.92 Å². The van der Waals surface area contributed by atoms with Crippen LogP contribution >= 0.6 is 0 Å². The topological polar surface area (TPSA) is 86.2 Å². The lowest BCUT2D eigenvalue weighted by molar-refractivity contribution is -0.665. The summed E-state index contributed by atoms with van der Waals surface area (Å²) in [6.07, 6.45) is 5.77. The van der Waals surface area contributed by atoms with E-state index in [0.29, 0.717) is 11.7 Å². The highest BCUT2D eigenvalue weighted by atomic mass is 15.3. The highest BCUT2D eigenvalue weighted by molar-refractivity contribution is 5.84. The predicted octanol–water partition coefficient (Wildman–Crippen LogP) is -0.618. The van der Waals surface area contributed by atoms with Gasteiger partial charge in [0.1, 0.15) is 12.1 Å². The molecule has 0 amide bonds. The molecule has 3 rings (SSSR count). The number of nitrogens with two attached hydrogens (primary N) is 2. The maximum atomic E-state index is 5.79. The average Bonchev–Trinajstić information content (AvgIpc) is 2.76. The summed E-state index contributed by atoms with van der Waals surface area (Å²) in [5, 5.41) is 7.60. The largest absolute Gasteiger partial charge is 0.383 e. The van der Waals surface area contributed by atoms with Crippen LogP contribution in [0.4, 0.5) is 5.82 Å². The molecule has 0 bridgehead atoms. The van der Waals surface area contributed by atoms with Gasteiger partial charge in [-0.3, -0.25) is 0 Å². The molecule has 0 unspecified atom stereocenters. The van der Waals surface area contributed by atoms with Crippen molar-refractivity contribution >= 4 is 16.9 Å². The summed E-state index contributed by atoms with van der Waals surface area (Å²) in [5.41, 5.74) is 6.65. The highest BCUT2D eigenvalue weighted by Gasteiger charge is 2.18. The standard InChI is InChI=1S/C11H16N6/c12-10-9-5-16-17(11(9)15-7-14-10)6-8-1-3-13-4-2-8/h5,7-8,13H,1-4,6H2,(H2,12,14,15)/p+1. The van der Waals surface area contributed by atoms with Crippen molar-refractivity contribution in [3.63, 3.8) is 0 Å². The molecule has 90 valence electrons. The van der Waals surface area contributed by atoms with Gasteiger partial charge in [0.2, 0.25) is 0 Å². The number of hydrogen-bond acceptors (Lipinski definition) is 4. The van der Waals surface area contributed by atoms with Crippen molar-refractivity contribution in [1.82, 2.24) is 19.7 Å². The third-order valence-electron chi connectivity index (χ3n) is 3.45.